The lowest BCUT2D eigenvalue weighted by atomic mass is 9.64. The highest BCUT2D eigenvalue weighted by Crippen LogP contribution is 2.45. The number of rotatable bonds is 4. The van der Waals surface area contributed by atoms with Gasteiger partial charge in [-0.25, -0.2) is 0 Å². The summed E-state index contributed by atoms with van der Waals surface area (Å²) in [5.74, 6) is -0.139. The quantitative estimate of drug-likeness (QED) is 0.896. The van der Waals surface area contributed by atoms with E-state index in [1.165, 1.54) is 4.90 Å². The molecule has 0 aliphatic heterocycles. The smallest absolute Gasteiger partial charge is 0.253 e. The highest BCUT2D eigenvalue weighted by molar-refractivity contribution is 6.30. The minimum atomic E-state index is -0.535. The molecule has 1 fully saturated rings. The first kappa shape index (κ1) is 17.5. The normalized spacial score (nSPS) is 15.2. The molecule has 0 unspecified atom stereocenters. The third kappa shape index (κ3) is 3.40. The van der Waals surface area contributed by atoms with Gasteiger partial charge < -0.3 is 10.2 Å². The van der Waals surface area contributed by atoms with E-state index >= 15 is 0 Å². The Morgan fingerprint density at radius 3 is 2.40 bits per heavy atom. The van der Waals surface area contributed by atoms with Gasteiger partial charge in [0.1, 0.15) is 0 Å². The van der Waals surface area contributed by atoms with Gasteiger partial charge in [-0.1, -0.05) is 36.2 Å². The van der Waals surface area contributed by atoms with E-state index in [9.17, 15) is 9.59 Å². The van der Waals surface area contributed by atoms with Crippen molar-refractivity contribution in [3.8, 4) is 0 Å². The summed E-state index contributed by atoms with van der Waals surface area (Å²) in [7, 11) is 3.41. The molecule has 0 atom stereocenters. The van der Waals surface area contributed by atoms with E-state index < -0.39 is 5.41 Å². The summed E-state index contributed by atoms with van der Waals surface area (Å²) in [5.41, 5.74) is 1.59. The summed E-state index contributed by atoms with van der Waals surface area (Å²) >= 11 is 6.11. The number of carbonyl (C=O) groups excluding carboxylic acids is 2. The van der Waals surface area contributed by atoms with Crippen molar-refractivity contribution < 1.29 is 9.59 Å². The van der Waals surface area contributed by atoms with Crippen molar-refractivity contribution in [3.63, 3.8) is 0 Å². The standard InChI is InChI=1S/C20H21ClN2O2/c1-23(2)18(24)14-6-3-9-17(12-14)22-19(25)20(10-5-11-20)15-7-4-8-16(21)13-15/h3-4,6-9,12-13H,5,10-11H2,1-2H3,(H,22,25). The summed E-state index contributed by atoms with van der Waals surface area (Å²) in [5, 5.41) is 3.62. The van der Waals surface area contributed by atoms with E-state index in [0.717, 1.165) is 24.8 Å². The molecule has 0 aromatic heterocycles. The van der Waals surface area contributed by atoms with Crippen LogP contribution >= 0.6 is 11.6 Å². The highest BCUT2D eigenvalue weighted by Gasteiger charge is 2.45. The predicted octanol–water partition coefficient (Wildman–Crippen LogP) is 4.10. The second-order valence-electron chi connectivity index (χ2n) is 6.68. The Bertz CT molecular complexity index is 813. The van der Waals surface area contributed by atoms with Crippen molar-refractivity contribution in [3.05, 3.63) is 64.7 Å². The van der Waals surface area contributed by atoms with Crippen molar-refractivity contribution in [2.45, 2.75) is 24.7 Å². The Balaban J connectivity index is 1.84. The van der Waals surface area contributed by atoms with E-state index in [0.29, 0.717) is 16.3 Å². The average Bonchev–Trinajstić information content (AvgIpc) is 2.53. The van der Waals surface area contributed by atoms with Gasteiger partial charge in [0.15, 0.2) is 0 Å². The maximum atomic E-state index is 13.0. The van der Waals surface area contributed by atoms with E-state index in [-0.39, 0.29) is 11.8 Å². The highest BCUT2D eigenvalue weighted by atomic mass is 35.5. The van der Waals surface area contributed by atoms with E-state index in [4.69, 9.17) is 11.6 Å². The summed E-state index contributed by atoms with van der Waals surface area (Å²) in [6.07, 6.45) is 2.62. The van der Waals surface area contributed by atoms with E-state index in [2.05, 4.69) is 5.32 Å². The number of anilines is 1. The molecule has 3 rings (SSSR count). The topological polar surface area (TPSA) is 49.4 Å². The fraction of sp³-hybridized carbons (Fsp3) is 0.300. The lowest BCUT2D eigenvalue weighted by Gasteiger charge is -2.40. The van der Waals surface area contributed by atoms with Gasteiger partial charge in [-0.15, -0.1) is 0 Å². The molecule has 4 nitrogen and oxygen atoms in total. The second kappa shape index (κ2) is 6.89. The molecule has 1 N–H and O–H groups in total. The maximum Gasteiger partial charge on any atom is 0.253 e. The van der Waals surface area contributed by atoms with Gasteiger partial charge in [0.05, 0.1) is 5.41 Å². The number of nitrogens with zero attached hydrogens (tertiary/aromatic N) is 1. The van der Waals surface area contributed by atoms with Crippen molar-refractivity contribution in [2.75, 3.05) is 19.4 Å². The number of halogens is 1. The summed E-state index contributed by atoms with van der Waals surface area (Å²) in [4.78, 5) is 26.6. The third-order valence-electron chi connectivity index (χ3n) is 4.79. The zero-order valence-electron chi connectivity index (χ0n) is 14.4. The number of hydrogen-bond donors (Lipinski definition) is 1. The second-order valence-corrected chi connectivity index (χ2v) is 7.12. The fourth-order valence-electron chi connectivity index (χ4n) is 3.20. The van der Waals surface area contributed by atoms with Crippen LogP contribution in [0.4, 0.5) is 5.69 Å². The van der Waals surface area contributed by atoms with Crippen LogP contribution in [0.15, 0.2) is 48.5 Å². The average molecular weight is 357 g/mol. The summed E-state index contributed by atoms with van der Waals surface area (Å²) < 4.78 is 0. The van der Waals surface area contributed by atoms with Crippen LogP contribution in [-0.2, 0) is 10.2 Å². The molecule has 0 bridgehead atoms. The summed E-state index contributed by atoms with van der Waals surface area (Å²) in [6.45, 7) is 0. The Labute approximate surface area is 152 Å². The van der Waals surface area contributed by atoms with Gasteiger partial charge in [-0.3, -0.25) is 9.59 Å². The van der Waals surface area contributed by atoms with Crippen LogP contribution in [0, 0.1) is 0 Å². The SMILES string of the molecule is CN(C)C(=O)c1cccc(NC(=O)C2(c3cccc(Cl)c3)CCC2)c1. The van der Waals surface area contributed by atoms with Crippen LogP contribution in [0.25, 0.3) is 0 Å². The minimum Gasteiger partial charge on any atom is -0.345 e. The molecule has 0 radical (unpaired) electrons. The van der Waals surface area contributed by atoms with Crippen LogP contribution in [0.2, 0.25) is 5.02 Å². The monoisotopic (exact) mass is 356 g/mol. The van der Waals surface area contributed by atoms with Gasteiger partial charge >= 0.3 is 0 Å². The van der Waals surface area contributed by atoms with Crippen molar-refractivity contribution in [1.82, 2.24) is 4.90 Å². The lowest BCUT2D eigenvalue weighted by molar-refractivity contribution is -0.124. The Morgan fingerprint density at radius 1 is 1.08 bits per heavy atom. The number of amides is 2. The number of benzene rings is 2. The van der Waals surface area contributed by atoms with Gasteiger partial charge in [0.25, 0.3) is 5.91 Å². The van der Waals surface area contributed by atoms with Crippen LogP contribution in [0.5, 0.6) is 0 Å². The first-order valence-electron chi connectivity index (χ1n) is 8.32. The maximum absolute atomic E-state index is 13.0. The van der Waals surface area contributed by atoms with Crippen molar-refractivity contribution >= 4 is 29.1 Å². The van der Waals surface area contributed by atoms with Crippen LogP contribution in [-0.4, -0.2) is 30.8 Å². The predicted molar refractivity (Wildman–Crippen MR) is 100 cm³/mol. The van der Waals surface area contributed by atoms with Gasteiger partial charge in [0.2, 0.25) is 5.91 Å². The van der Waals surface area contributed by atoms with Gasteiger partial charge in [0, 0.05) is 30.4 Å². The Hall–Kier alpha value is -2.33. The molecule has 1 saturated carbocycles. The zero-order chi connectivity index (χ0) is 18.0. The third-order valence-corrected chi connectivity index (χ3v) is 5.03. The molecule has 2 amide bonds. The molecule has 0 spiro atoms. The molecule has 5 heteroatoms. The molecular formula is C20H21ClN2O2. The molecular weight excluding hydrogens is 336 g/mol. The fourth-order valence-corrected chi connectivity index (χ4v) is 3.39. The molecule has 1 aliphatic carbocycles. The van der Waals surface area contributed by atoms with E-state index in [1.54, 1.807) is 38.4 Å². The molecule has 25 heavy (non-hydrogen) atoms. The largest absolute Gasteiger partial charge is 0.345 e. The Kier molecular flexibility index (Phi) is 4.82. The molecule has 0 heterocycles. The van der Waals surface area contributed by atoms with E-state index in [1.807, 2.05) is 24.3 Å². The number of hydrogen-bond acceptors (Lipinski definition) is 2. The molecule has 1 aliphatic rings. The first-order valence-corrected chi connectivity index (χ1v) is 8.69. The molecule has 2 aromatic rings. The number of nitrogens with one attached hydrogen (secondary N) is 1. The number of carbonyl (C=O) groups is 2. The van der Waals surface area contributed by atoms with Gasteiger partial charge in [-0.2, -0.15) is 0 Å². The summed E-state index contributed by atoms with van der Waals surface area (Å²) in [6, 6.07) is 14.5. The molecule has 0 saturated heterocycles. The molecule has 130 valence electrons. The zero-order valence-corrected chi connectivity index (χ0v) is 15.1. The van der Waals surface area contributed by atoms with Crippen molar-refractivity contribution in [2.24, 2.45) is 0 Å². The van der Waals surface area contributed by atoms with Crippen LogP contribution in [0.1, 0.15) is 35.2 Å². The van der Waals surface area contributed by atoms with Crippen molar-refractivity contribution in [1.29, 1.82) is 0 Å². The van der Waals surface area contributed by atoms with Crippen LogP contribution in [0.3, 0.4) is 0 Å². The van der Waals surface area contributed by atoms with Gasteiger partial charge in [-0.05, 0) is 48.7 Å². The van der Waals surface area contributed by atoms with Crippen LogP contribution < -0.4 is 5.32 Å². The Morgan fingerprint density at radius 2 is 1.80 bits per heavy atom. The lowest BCUT2D eigenvalue weighted by Crippen LogP contribution is -2.46. The first-order chi connectivity index (χ1) is 11.9. The minimum absolute atomic E-state index is 0.0459. The molecule has 2 aromatic carbocycles.